The summed E-state index contributed by atoms with van der Waals surface area (Å²) in [5.74, 6) is 0. The maximum Gasteiger partial charge on any atom is 0.238 e. The molecule has 1 unspecified atom stereocenters. The van der Waals surface area contributed by atoms with Crippen LogP contribution < -0.4 is 10.5 Å². The molecule has 0 saturated carbocycles. The number of nitrogens with two attached hydrogens (primary N) is 1. The van der Waals surface area contributed by atoms with Crippen molar-refractivity contribution in [3.63, 3.8) is 0 Å². The van der Waals surface area contributed by atoms with Crippen LogP contribution in [0, 0.1) is 0 Å². The number of nitrogens with zero attached hydrogens (tertiary/aromatic N) is 1. The molecule has 0 radical (unpaired) electrons. The largest absolute Gasteiger partial charge is 0.376 e. The Bertz CT molecular complexity index is 768. The first-order valence-electron chi connectivity index (χ1n) is 5.98. The van der Waals surface area contributed by atoms with E-state index in [4.69, 9.17) is 16.7 Å². The van der Waals surface area contributed by atoms with Gasteiger partial charge in [-0.15, -0.1) is 0 Å². The summed E-state index contributed by atoms with van der Waals surface area (Å²) < 4.78 is 23.6. The number of hydrogen-bond acceptors (Lipinski definition) is 4. The molecule has 0 aliphatic rings. The van der Waals surface area contributed by atoms with Gasteiger partial charge in [0.25, 0.3) is 0 Å². The van der Waals surface area contributed by atoms with E-state index in [2.05, 4.69) is 26.2 Å². The Labute approximate surface area is 136 Å². The molecule has 3 N–H and O–H groups in total. The van der Waals surface area contributed by atoms with E-state index in [0.29, 0.717) is 10.8 Å². The highest BCUT2D eigenvalue weighted by Gasteiger charge is 2.13. The van der Waals surface area contributed by atoms with Gasteiger partial charge < -0.3 is 5.32 Å². The van der Waals surface area contributed by atoms with Gasteiger partial charge in [0.1, 0.15) is 0 Å². The summed E-state index contributed by atoms with van der Waals surface area (Å²) in [4.78, 5) is 4.10. The van der Waals surface area contributed by atoms with E-state index in [1.54, 1.807) is 18.3 Å². The maximum atomic E-state index is 11.4. The predicted octanol–water partition coefficient (Wildman–Crippen LogP) is 3.32. The summed E-state index contributed by atoms with van der Waals surface area (Å²) in [5, 5.41) is 8.66. The van der Waals surface area contributed by atoms with Crippen molar-refractivity contribution in [2.24, 2.45) is 5.14 Å². The summed E-state index contributed by atoms with van der Waals surface area (Å²) >= 11 is 9.34. The zero-order chi connectivity index (χ0) is 15.6. The lowest BCUT2D eigenvalue weighted by atomic mass is 10.1. The summed E-state index contributed by atoms with van der Waals surface area (Å²) in [7, 11) is -3.72. The molecule has 8 heteroatoms. The number of nitrogens with one attached hydrogen (secondary N) is 1. The topological polar surface area (TPSA) is 85.1 Å². The van der Waals surface area contributed by atoms with Gasteiger partial charge in [0.2, 0.25) is 10.0 Å². The number of anilines is 1. The van der Waals surface area contributed by atoms with Gasteiger partial charge in [-0.25, -0.2) is 18.5 Å². The van der Waals surface area contributed by atoms with Crippen molar-refractivity contribution >= 4 is 43.2 Å². The minimum absolute atomic E-state index is 0.0760. The lowest BCUT2D eigenvalue weighted by Crippen LogP contribution is -2.13. The van der Waals surface area contributed by atoms with Crippen LogP contribution in [0.1, 0.15) is 18.5 Å². The van der Waals surface area contributed by atoms with E-state index in [9.17, 15) is 8.42 Å². The average Bonchev–Trinajstić information content (AvgIpc) is 2.42. The maximum absolute atomic E-state index is 11.4. The van der Waals surface area contributed by atoms with E-state index in [1.807, 2.05) is 13.0 Å². The van der Waals surface area contributed by atoms with Gasteiger partial charge in [-0.3, -0.25) is 0 Å². The van der Waals surface area contributed by atoms with E-state index >= 15 is 0 Å². The molecular formula is C13H13BrClN3O2S. The first kappa shape index (κ1) is 16.2. The molecule has 0 spiro atoms. The molecular weight excluding hydrogens is 378 g/mol. The number of halogens is 2. The van der Waals surface area contributed by atoms with Crippen LogP contribution in [0.3, 0.4) is 0 Å². The fourth-order valence-corrected chi connectivity index (χ4v) is 2.86. The lowest BCUT2D eigenvalue weighted by Gasteiger charge is -2.17. The molecule has 0 aliphatic heterocycles. The van der Waals surface area contributed by atoms with Crippen molar-refractivity contribution in [3.05, 3.63) is 51.7 Å². The number of sulfonamides is 1. The predicted molar refractivity (Wildman–Crippen MR) is 86.8 cm³/mol. The number of primary sulfonamides is 1. The number of pyridine rings is 1. The van der Waals surface area contributed by atoms with Gasteiger partial charge in [0.15, 0.2) is 5.15 Å². The third-order valence-electron chi connectivity index (χ3n) is 2.86. The molecule has 2 aromatic rings. The van der Waals surface area contributed by atoms with Gasteiger partial charge in [0, 0.05) is 16.7 Å². The highest BCUT2D eigenvalue weighted by Crippen LogP contribution is 2.27. The smallest absolute Gasteiger partial charge is 0.238 e. The zero-order valence-corrected chi connectivity index (χ0v) is 14.2. The van der Waals surface area contributed by atoms with Crippen molar-refractivity contribution in [1.82, 2.24) is 4.98 Å². The third-order valence-corrected chi connectivity index (χ3v) is 4.51. The Morgan fingerprint density at radius 1 is 1.38 bits per heavy atom. The Hall–Kier alpha value is -1.15. The first-order valence-corrected chi connectivity index (χ1v) is 8.69. The van der Waals surface area contributed by atoms with Crippen LogP contribution in [0.15, 0.2) is 45.9 Å². The average molecular weight is 391 g/mol. The Morgan fingerprint density at radius 2 is 2.10 bits per heavy atom. The molecule has 112 valence electrons. The van der Waals surface area contributed by atoms with Gasteiger partial charge in [-0.1, -0.05) is 23.7 Å². The van der Waals surface area contributed by atoms with E-state index in [0.717, 1.165) is 10.0 Å². The molecule has 0 fully saturated rings. The monoisotopic (exact) mass is 389 g/mol. The second kappa shape index (κ2) is 6.31. The minimum Gasteiger partial charge on any atom is -0.376 e. The number of hydrogen-bond donors (Lipinski definition) is 2. The summed E-state index contributed by atoms with van der Waals surface area (Å²) in [6.45, 7) is 1.89. The summed E-state index contributed by atoms with van der Waals surface area (Å²) in [5.41, 5.74) is 1.43. The van der Waals surface area contributed by atoms with Crippen LogP contribution in [0.25, 0.3) is 0 Å². The lowest BCUT2D eigenvalue weighted by molar-refractivity contribution is 0.597. The quantitative estimate of drug-likeness (QED) is 0.784. The summed E-state index contributed by atoms with van der Waals surface area (Å²) in [6, 6.07) is 8.08. The van der Waals surface area contributed by atoms with E-state index in [-0.39, 0.29) is 10.9 Å². The second-order valence-corrected chi connectivity index (χ2v) is 7.31. The highest BCUT2D eigenvalue weighted by atomic mass is 79.9. The molecule has 2 rings (SSSR count). The van der Waals surface area contributed by atoms with E-state index < -0.39 is 10.0 Å². The number of benzene rings is 1. The first-order chi connectivity index (χ1) is 9.77. The fourth-order valence-electron chi connectivity index (χ4n) is 1.80. The van der Waals surface area contributed by atoms with Crippen molar-refractivity contribution in [3.8, 4) is 0 Å². The second-order valence-electron chi connectivity index (χ2n) is 4.48. The van der Waals surface area contributed by atoms with Crippen LogP contribution in [0.4, 0.5) is 5.69 Å². The number of aromatic nitrogens is 1. The molecule has 1 heterocycles. The van der Waals surface area contributed by atoms with Gasteiger partial charge in [-0.2, -0.15) is 0 Å². The molecule has 5 nitrogen and oxygen atoms in total. The molecule has 1 aromatic carbocycles. The van der Waals surface area contributed by atoms with Crippen LogP contribution in [0.5, 0.6) is 0 Å². The molecule has 0 saturated heterocycles. The Morgan fingerprint density at radius 3 is 2.76 bits per heavy atom. The fraction of sp³-hybridized carbons (Fsp3) is 0.154. The van der Waals surface area contributed by atoms with Crippen molar-refractivity contribution in [1.29, 1.82) is 0 Å². The van der Waals surface area contributed by atoms with Crippen LogP contribution >= 0.6 is 27.5 Å². The van der Waals surface area contributed by atoms with Crippen LogP contribution in [-0.2, 0) is 10.0 Å². The van der Waals surface area contributed by atoms with Gasteiger partial charge in [-0.05, 0) is 46.6 Å². The zero-order valence-electron chi connectivity index (χ0n) is 11.0. The van der Waals surface area contributed by atoms with Gasteiger partial charge >= 0.3 is 0 Å². The van der Waals surface area contributed by atoms with Crippen LogP contribution in [-0.4, -0.2) is 13.4 Å². The van der Waals surface area contributed by atoms with E-state index in [1.165, 1.54) is 12.1 Å². The Kier molecular flexibility index (Phi) is 4.88. The molecule has 0 bridgehead atoms. The van der Waals surface area contributed by atoms with Crippen LogP contribution in [0.2, 0.25) is 5.15 Å². The van der Waals surface area contributed by atoms with Crippen molar-refractivity contribution in [2.75, 3.05) is 5.32 Å². The molecule has 0 amide bonds. The minimum atomic E-state index is -3.72. The molecule has 0 aliphatic carbocycles. The number of rotatable bonds is 4. The SMILES string of the molecule is CC(Nc1cc(Br)cnc1Cl)c1cccc(S(N)(=O)=O)c1. The Balaban J connectivity index is 2.28. The highest BCUT2D eigenvalue weighted by molar-refractivity contribution is 9.10. The molecule has 1 atom stereocenters. The third kappa shape index (κ3) is 4.16. The summed E-state index contributed by atoms with van der Waals surface area (Å²) in [6.07, 6.45) is 1.60. The molecule has 1 aromatic heterocycles. The molecule has 21 heavy (non-hydrogen) atoms. The van der Waals surface area contributed by atoms with Gasteiger partial charge in [0.05, 0.1) is 10.6 Å². The normalized spacial score (nSPS) is 13.0. The van der Waals surface area contributed by atoms with Crippen molar-refractivity contribution < 1.29 is 8.42 Å². The van der Waals surface area contributed by atoms with Crippen molar-refractivity contribution in [2.45, 2.75) is 17.9 Å². The standard InChI is InChI=1S/C13H13BrClN3O2S/c1-8(18-12-6-10(14)7-17-13(12)15)9-3-2-4-11(5-9)21(16,19)20/h2-8,18H,1H3,(H2,16,19,20).